The summed E-state index contributed by atoms with van der Waals surface area (Å²) in [4.78, 5) is 28.8. The van der Waals surface area contributed by atoms with Gasteiger partial charge in [0.15, 0.2) is 9.84 Å². The van der Waals surface area contributed by atoms with Crippen molar-refractivity contribution in [2.45, 2.75) is 20.3 Å². The minimum Gasteiger partial charge on any atom is -0.337 e. The monoisotopic (exact) mass is 448 g/mol. The van der Waals surface area contributed by atoms with Crippen molar-refractivity contribution in [3.05, 3.63) is 50.7 Å². The fourth-order valence-electron chi connectivity index (χ4n) is 3.17. The molecule has 0 radical (unpaired) electrons. The molecule has 1 aliphatic rings. The molecule has 10 heteroatoms. The van der Waals surface area contributed by atoms with Crippen LogP contribution < -0.4 is 0 Å². The van der Waals surface area contributed by atoms with Gasteiger partial charge in [-0.1, -0.05) is 0 Å². The molecule has 0 aliphatic carbocycles. The maximum absolute atomic E-state index is 12.6. The van der Waals surface area contributed by atoms with Gasteiger partial charge in [-0.3, -0.25) is 9.78 Å². The number of carbonyl (C=O) groups excluding carboxylic acids is 1. The van der Waals surface area contributed by atoms with Gasteiger partial charge in [0.1, 0.15) is 0 Å². The summed E-state index contributed by atoms with van der Waals surface area (Å²) >= 11 is 3.23. The number of sulfone groups is 1. The minimum atomic E-state index is -3.01. The highest BCUT2D eigenvalue weighted by atomic mass is 32.2. The summed E-state index contributed by atoms with van der Waals surface area (Å²) in [5.41, 5.74) is 3.25. The summed E-state index contributed by atoms with van der Waals surface area (Å²) in [7, 11) is -3.01. The van der Waals surface area contributed by atoms with Crippen LogP contribution in [-0.4, -0.2) is 58.8 Å². The van der Waals surface area contributed by atoms with Crippen LogP contribution in [0.4, 0.5) is 0 Å². The third kappa shape index (κ3) is 4.54. The normalized spacial score (nSPS) is 16.1. The number of aryl methyl sites for hydroxylation is 2. The standard InChI is InChI=1S/C19H20N4O3S3/c1-12-18(28-13(2)21-12)16-11-27-17(22-16)9-15-4-3-14(10-20-15)19(24)23-5-7-29(25,26)8-6-23/h3-4,10-11H,5-9H2,1-2H3. The van der Waals surface area contributed by atoms with Crippen LogP contribution in [0.15, 0.2) is 23.7 Å². The van der Waals surface area contributed by atoms with Gasteiger partial charge >= 0.3 is 0 Å². The van der Waals surface area contributed by atoms with Gasteiger partial charge in [-0.25, -0.2) is 18.4 Å². The first-order valence-corrected chi connectivity index (χ1v) is 12.7. The lowest BCUT2D eigenvalue weighted by Gasteiger charge is -2.26. The molecule has 3 aromatic heterocycles. The molecule has 29 heavy (non-hydrogen) atoms. The van der Waals surface area contributed by atoms with E-state index < -0.39 is 9.84 Å². The van der Waals surface area contributed by atoms with Gasteiger partial charge in [0.05, 0.1) is 43.3 Å². The Morgan fingerprint density at radius 2 is 1.93 bits per heavy atom. The average Bonchev–Trinajstić information content (AvgIpc) is 3.27. The van der Waals surface area contributed by atoms with Crippen LogP contribution in [-0.2, 0) is 16.3 Å². The first kappa shape index (κ1) is 20.1. The van der Waals surface area contributed by atoms with Crippen molar-refractivity contribution in [2.75, 3.05) is 24.6 Å². The maximum atomic E-state index is 12.6. The average molecular weight is 449 g/mol. The van der Waals surface area contributed by atoms with Crippen LogP contribution in [0.1, 0.15) is 31.8 Å². The number of hydrogen-bond donors (Lipinski definition) is 0. The van der Waals surface area contributed by atoms with Gasteiger partial charge in [0.2, 0.25) is 0 Å². The van der Waals surface area contributed by atoms with Crippen molar-refractivity contribution in [2.24, 2.45) is 0 Å². The Kier molecular flexibility index (Phi) is 5.50. The fraction of sp³-hybridized carbons (Fsp3) is 0.368. The number of aromatic nitrogens is 3. The molecule has 0 saturated carbocycles. The molecule has 0 aromatic carbocycles. The van der Waals surface area contributed by atoms with Gasteiger partial charge in [-0.15, -0.1) is 22.7 Å². The Hall–Kier alpha value is -2.17. The summed E-state index contributed by atoms with van der Waals surface area (Å²) in [5.74, 6) is -0.128. The second-order valence-corrected chi connectivity index (χ2v) is 11.4. The Morgan fingerprint density at radius 3 is 2.55 bits per heavy atom. The van der Waals surface area contributed by atoms with E-state index >= 15 is 0 Å². The highest BCUT2D eigenvalue weighted by Crippen LogP contribution is 2.31. The van der Waals surface area contributed by atoms with Crippen molar-refractivity contribution in [1.82, 2.24) is 19.9 Å². The molecule has 3 aromatic rings. The van der Waals surface area contributed by atoms with E-state index in [1.165, 1.54) is 0 Å². The van der Waals surface area contributed by atoms with Crippen LogP contribution in [0, 0.1) is 13.8 Å². The molecule has 1 aliphatic heterocycles. The van der Waals surface area contributed by atoms with E-state index in [4.69, 9.17) is 4.98 Å². The second kappa shape index (κ2) is 7.92. The van der Waals surface area contributed by atoms with Gasteiger partial charge < -0.3 is 4.90 Å². The fourth-order valence-corrected chi connectivity index (χ4v) is 6.13. The molecular formula is C19H20N4O3S3. The topological polar surface area (TPSA) is 93.1 Å². The minimum absolute atomic E-state index is 0.0232. The zero-order chi connectivity index (χ0) is 20.6. The number of amides is 1. The van der Waals surface area contributed by atoms with Crippen LogP contribution >= 0.6 is 22.7 Å². The molecule has 4 rings (SSSR count). The molecule has 0 unspecified atom stereocenters. The number of thiazole rings is 2. The van der Waals surface area contributed by atoms with E-state index in [1.807, 2.05) is 25.3 Å². The molecule has 1 saturated heterocycles. The molecule has 0 atom stereocenters. The van der Waals surface area contributed by atoms with Gasteiger partial charge in [0.25, 0.3) is 5.91 Å². The summed E-state index contributed by atoms with van der Waals surface area (Å²) < 4.78 is 23.1. The molecule has 7 nitrogen and oxygen atoms in total. The summed E-state index contributed by atoms with van der Waals surface area (Å²) in [6, 6.07) is 3.58. The number of nitrogens with zero attached hydrogens (tertiary/aromatic N) is 4. The first-order chi connectivity index (χ1) is 13.8. The van der Waals surface area contributed by atoms with Crippen LogP contribution in [0.25, 0.3) is 10.6 Å². The lowest BCUT2D eigenvalue weighted by molar-refractivity contribution is 0.0770. The Balaban J connectivity index is 1.42. The maximum Gasteiger partial charge on any atom is 0.255 e. The van der Waals surface area contributed by atoms with E-state index in [0.29, 0.717) is 12.0 Å². The second-order valence-electron chi connectivity index (χ2n) is 6.93. The largest absolute Gasteiger partial charge is 0.337 e. The lowest BCUT2D eigenvalue weighted by Crippen LogP contribution is -2.43. The molecule has 0 spiro atoms. The van der Waals surface area contributed by atoms with Gasteiger partial charge in [-0.05, 0) is 26.0 Å². The third-order valence-corrected chi connectivity index (χ3v) is 8.28. The summed E-state index contributed by atoms with van der Waals surface area (Å²) in [6.45, 7) is 4.46. The zero-order valence-electron chi connectivity index (χ0n) is 16.1. The van der Waals surface area contributed by atoms with Crippen molar-refractivity contribution in [3.8, 4) is 10.6 Å². The molecule has 1 amide bonds. The smallest absolute Gasteiger partial charge is 0.255 e. The SMILES string of the molecule is Cc1nc(C)c(-c2csc(Cc3ccc(C(=O)N4CCS(=O)(=O)CC4)cn3)n2)s1. The zero-order valence-corrected chi connectivity index (χ0v) is 18.5. The van der Waals surface area contributed by atoms with Crippen LogP contribution in [0.2, 0.25) is 0 Å². The number of carbonyl (C=O) groups is 1. The highest BCUT2D eigenvalue weighted by Gasteiger charge is 2.25. The van der Waals surface area contributed by atoms with Gasteiger partial charge in [0, 0.05) is 36.8 Å². The Morgan fingerprint density at radius 1 is 1.17 bits per heavy atom. The lowest BCUT2D eigenvalue weighted by atomic mass is 10.2. The molecule has 1 fully saturated rings. The predicted molar refractivity (Wildman–Crippen MR) is 114 cm³/mol. The van der Waals surface area contributed by atoms with E-state index in [0.717, 1.165) is 32.0 Å². The number of pyridine rings is 1. The third-order valence-electron chi connectivity index (χ3n) is 4.72. The predicted octanol–water partition coefficient (Wildman–Crippen LogP) is 2.74. The van der Waals surface area contributed by atoms with Crippen molar-refractivity contribution < 1.29 is 13.2 Å². The van der Waals surface area contributed by atoms with E-state index in [9.17, 15) is 13.2 Å². The van der Waals surface area contributed by atoms with Gasteiger partial charge in [-0.2, -0.15) is 0 Å². The van der Waals surface area contributed by atoms with E-state index in [1.54, 1.807) is 39.8 Å². The number of hydrogen-bond acceptors (Lipinski definition) is 8. The highest BCUT2D eigenvalue weighted by molar-refractivity contribution is 7.91. The Bertz CT molecular complexity index is 1140. The molecular weight excluding hydrogens is 428 g/mol. The van der Waals surface area contributed by atoms with Crippen molar-refractivity contribution in [1.29, 1.82) is 0 Å². The van der Waals surface area contributed by atoms with Crippen LogP contribution in [0.3, 0.4) is 0 Å². The van der Waals surface area contributed by atoms with Crippen molar-refractivity contribution in [3.63, 3.8) is 0 Å². The van der Waals surface area contributed by atoms with E-state index in [2.05, 4.69) is 9.97 Å². The van der Waals surface area contributed by atoms with Crippen molar-refractivity contribution >= 4 is 38.4 Å². The van der Waals surface area contributed by atoms with E-state index in [-0.39, 0.29) is 30.5 Å². The molecule has 4 heterocycles. The Labute approximate surface area is 177 Å². The first-order valence-electron chi connectivity index (χ1n) is 9.14. The molecule has 152 valence electrons. The number of rotatable bonds is 4. The van der Waals surface area contributed by atoms with Crippen LogP contribution in [0.5, 0.6) is 0 Å². The quantitative estimate of drug-likeness (QED) is 0.609. The summed E-state index contributed by atoms with van der Waals surface area (Å²) in [6.07, 6.45) is 2.16. The molecule has 0 N–H and O–H groups in total. The molecule has 0 bridgehead atoms. The summed E-state index contributed by atoms with van der Waals surface area (Å²) in [5, 5.41) is 4.02.